The molecule has 0 aliphatic carbocycles. The average molecular weight is 547 g/mol. The van der Waals surface area contributed by atoms with Crippen molar-refractivity contribution < 1.29 is 17.9 Å². The van der Waals surface area contributed by atoms with Gasteiger partial charge in [-0.3, -0.25) is 4.79 Å². The van der Waals surface area contributed by atoms with E-state index in [9.17, 15) is 13.2 Å². The van der Waals surface area contributed by atoms with Gasteiger partial charge in [-0.15, -0.1) is 11.3 Å². The maximum atomic E-state index is 13.7. The first-order valence-electron chi connectivity index (χ1n) is 11.8. The molecule has 1 unspecified atom stereocenters. The minimum atomic E-state index is -3.89. The SMILES string of the molecule is Cc1ccc(S(=O)(=O)N(CC(=O)N2CCc3sccc3C2COc2ccc(Cl)cc2)C(C)(C)C)cc1. The number of nitrogens with zero attached hydrogens (tertiary/aromatic N) is 2. The molecule has 0 spiro atoms. The number of rotatable bonds is 7. The summed E-state index contributed by atoms with van der Waals surface area (Å²) in [5.74, 6) is 0.412. The second-order valence-corrected chi connectivity index (χ2v) is 13.2. The number of carbonyl (C=O) groups excluding carboxylic acids is 1. The van der Waals surface area contributed by atoms with E-state index in [1.54, 1.807) is 85.5 Å². The monoisotopic (exact) mass is 546 g/mol. The minimum Gasteiger partial charge on any atom is -0.491 e. The summed E-state index contributed by atoms with van der Waals surface area (Å²) in [6, 6.07) is 15.5. The Balaban J connectivity index is 1.59. The highest BCUT2D eigenvalue weighted by Gasteiger charge is 2.39. The van der Waals surface area contributed by atoms with Crippen LogP contribution in [0.15, 0.2) is 64.9 Å². The first-order chi connectivity index (χ1) is 17.0. The number of fused-ring (bicyclic) bond motifs is 1. The molecule has 0 radical (unpaired) electrons. The Morgan fingerprint density at radius 2 is 1.78 bits per heavy atom. The lowest BCUT2D eigenvalue weighted by molar-refractivity contribution is -0.135. The highest BCUT2D eigenvalue weighted by atomic mass is 35.5. The first-order valence-corrected chi connectivity index (χ1v) is 14.5. The Kier molecular flexibility index (Phi) is 7.80. The molecule has 2 aromatic carbocycles. The van der Waals surface area contributed by atoms with E-state index in [1.807, 2.05) is 18.4 Å². The van der Waals surface area contributed by atoms with Gasteiger partial charge in [-0.1, -0.05) is 29.3 Å². The number of ether oxygens (including phenoxy) is 1. The van der Waals surface area contributed by atoms with Crippen LogP contribution in [0.3, 0.4) is 0 Å². The Hall–Kier alpha value is -2.39. The van der Waals surface area contributed by atoms with Crippen molar-refractivity contribution in [2.45, 2.75) is 50.6 Å². The van der Waals surface area contributed by atoms with E-state index < -0.39 is 15.6 Å². The van der Waals surface area contributed by atoms with Crippen molar-refractivity contribution in [3.63, 3.8) is 0 Å². The fourth-order valence-corrected chi connectivity index (χ4v) is 7.10. The van der Waals surface area contributed by atoms with Crippen LogP contribution in [0, 0.1) is 6.92 Å². The summed E-state index contributed by atoms with van der Waals surface area (Å²) >= 11 is 7.66. The largest absolute Gasteiger partial charge is 0.491 e. The summed E-state index contributed by atoms with van der Waals surface area (Å²) in [4.78, 5) is 16.9. The van der Waals surface area contributed by atoms with Gasteiger partial charge in [0.2, 0.25) is 15.9 Å². The maximum absolute atomic E-state index is 13.7. The zero-order valence-electron chi connectivity index (χ0n) is 20.9. The van der Waals surface area contributed by atoms with Crippen LogP contribution in [0.2, 0.25) is 5.02 Å². The highest BCUT2D eigenvalue weighted by molar-refractivity contribution is 7.89. The van der Waals surface area contributed by atoms with E-state index in [0.717, 1.165) is 17.5 Å². The van der Waals surface area contributed by atoms with E-state index >= 15 is 0 Å². The highest BCUT2D eigenvalue weighted by Crippen LogP contribution is 2.35. The summed E-state index contributed by atoms with van der Waals surface area (Å²) in [6.45, 7) is 7.83. The standard InChI is InChI=1S/C27H31ClN2O4S2/c1-19-5-11-22(12-6-19)36(32,33)30(27(2,3)4)17-26(31)29-15-13-25-23(14-16-35-25)24(29)18-34-21-9-7-20(28)8-10-21/h5-12,14,16,24H,13,15,17-18H2,1-4H3. The molecule has 0 bridgehead atoms. The van der Waals surface area contributed by atoms with Crippen molar-refractivity contribution >= 4 is 38.9 Å². The van der Waals surface area contributed by atoms with Gasteiger partial charge in [-0.2, -0.15) is 4.31 Å². The molecule has 0 fully saturated rings. The molecule has 1 aliphatic rings. The van der Waals surface area contributed by atoms with E-state index in [4.69, 9.17) is 16.3 Å². The maximum Gasteiger partial charge on any atom is 0.244 e. The topological polar surface area (TPSA) is 66.9 Å². The normalized spacial score (nSPS) is 16.2. The molecular formula is C27H31ClN2O4S2. The summed E-state index contributed by atoms with van der Waals surface area (Å²) < 4.78 is 34.6. The summed E-state index contributed by atoms with van der Waals surface area (Å²) in [5.41, 5.74) is 1.23. The molecule has 192 valence electrons. The van der Waals surface area contributed by atoms with Crippen LogP contribution in [-0.2, 0) is 21.2 Å². The predicted molar refractivity (Wildman–Crippen MR) is 144 cm³/mol. The molecule has 6 nitrogen and oxygen atoms in total. The second-order valence-electron chi connectivity index (χ2n) is 9.91. The fourth-order valence-electron chi connectivity index (χ4n) is 4.31. The van der Waals surface area contributed by atoms with Gasteiger partial charge in [-0.25, -0.2) is 8.42 Å². The number of benzene rings is 2. The number of sulfonamides is 1. The minimum absolute atomic E-state index is 0.178. The number of aryl methyl sites for hydroxylation is 1. The molecule has 2 heterocycles. The molecule has 0 N–H and O–H groups in total. The van der Waals surface area contributed by atoms with Crippen molar-refractivity contribution in [1.29, 1.82) is 0 Å². The van der Waals surface area contributed by atoms with Crippen LogP contribution in [0.5, 0.6) is 5.75 Å². The van der Waals surface area contributed by atoms with Gasteiger partial charge < -0.3 is 9.64 Å². The lowest BCUT2D eigenvalue weighted by Crippen LogP contribution is -2.52. The molecule has 0 saturated heterocycles. The number of amides is 1. The molecule has 1 atom stereocenters. The lowest BCUT2D eigenvalue weighted by Gasteiger charge is -2.39. The van der Waals surface area contributed by atoms with Crippen LogP contribution in [-0.4, -0.2) is 48.8 Å². The van der Waals surface area contributed by atoms with E-state index in [1.165, 1.54) is 9.18 Å². The molecule has 0 saturated carbocycles. The van der Waals surface area contributed by atoms with Gasteiger partial charge in [0.15, 0.2) is 0 Å². The van der Waals surface area contributed by atoms with Crippen LogP contribution < -0.4 is 4.74 Å². The average Bonchev–Trinajstić information content (AvgIpc) is 3.30. The summed E-state index contributed by atoms with van der Waals surface area (Å²) in [6.07, 6.45) is 0.733. The van der Waals surface area contributed by atoms with Gasteiger partial charge in [0.1, 0.15) is 12.4 Å². The van der Waals surface area contributed by atoms with Crippen LogP contribution in [0.25, 0.3) is 0 Å². The van der Waals surface area contributed by atoms with Crippen LogP contribution >= 0.6 is 22.9 Å². The predicted octanol–water partition coefficient (Wildman–Crippen LogP) is 5.70. The molecule has 1 aromatic heterocycles. The van der Waals surface area contributed by atoms with Gasteiger partial charge >= 0.3 is 0 Å². The van der Waals surface area contributed by atoms with Crippen LogP contribution in [0.1, 0.15) is 42.8 Å². The van der Waals surface area contributed by atoms with Crippen molar-refractivity contribution in [2.24, 2.45) is 0 Å². The molecular weight excluding hydrogens is 516 g/mol. The summed E-state index contributed by atoms with van der Waals surface area (Å²) in [5, 5.41) is 2.64. The number of halogens is 1. The Morgan fingerprint density at radius 3 is 2.42 bits per heavy atom. The quantitative estimate of drug-likeness (QED) is 0.381. The third-order valence-electron chi connectivity index (χ3n) is 6.27. The molecule has 1 aliphatic heterocycles. The molecule has 3 aromatic rings. The third-order valence-corrected chi connectivity index (χ3v) is 9.65. The number of carbonyl (C=O) groups is 1. The third kappa shape index (κ3) is 5.78. The van der Waals surface area contributed by atoms with Gasteiger partial charge in [0.05, 0.1) is 17.5 Å². The molecule has 36 heavy (non-hydrogen) atoms. The molecule has 1 amide bonds. The molecule has 4 rings (SSSR count). The number of hydrogen-bond acceptors (Lipinski definition) is 5. The van der Waals surface area contributed by atoms with Crippen molar-refractivity contribution in [3.05, 3.63) is 81.0 Å². The zero-order chi connectivity index (χ0) is 26.1. The summed E-state index contributed by atoms with van der Waals surface area (Å²) in [7, 11) is -3.89. The smallest absolute Gasteiger partial charge is 0.244 e. The lowest BCUT2D eigenvalue weighted by atomic mass is 10.00. The van der Waals surface area contributed by atoms with E-state index in [0.29, 0.717) is 17.3 Å². The second kappa shape index (κ2) is 10.5. The van der Waals surface area contributed by atoms with Gasteiger partial charge in [0, 0.05) is 22.0 Å². The van der Waals surface area contributed by atoms with Gasteiger partial charge in [0.25, 0.3) is 0 Å². The Bertz CT molecular complexity index is 1310. The van der Waals surface area contributed by atoms with Gasteiger partial charge in [-0.05, 0) is 87.5 Å². The first kappa shape index (κ1) is 26.7. The Morgan fingerprint density at radius 1 is 1.11 bits per heavy atom. The number of hydrogen-bond donors (Lipinski definition) is 0. The fraction of sp³-hybridized carbons (Fsp3) is 0.370. The molecule has 9 heteroatoms. The van der Waals surface area contributed by atoms with Crippen LogP contribution in [0.4, 0.5) is 0 Å². The van der Waals surface area contributed by atoms with E-state index in [-0.39, 0.29) is 30.0 Å². The van der Waals surface area contributed by atoms with Crippen molar-refractivity contribution in [1.82, 2.24) is 9.21 Å². The Labute approximate surface area is 222 Å². The van der Waals surface area contributed by atoms with E-state index in [2.05, 4.69) is 0 Å². The zero-order valence-corrected chi connectivity index (χ0v) is 23.3. The van der Waals surface area contributed by atoms with Crippen molar-refractivity contribution in [3.8, 4) is 5.75 Å². The van der Waals surface area contributed by atoms with Crippen molar-refractivity contribution in [2.75, 3.05) is 19.7 Å². The number of thiophene rings is 1.